The number of carbonyl (C=O) groups excluding carboxylic acids is 2. The van der Waals surface area contributed by atoms with E-state index in [1.54, 1.807) is 24.3 Å². The van der Waals surface area contributed by atoms with E-state index in [4.69, 9.17) is 4.74 Å². The minimum atomic E-state index is -0.594. The van der Waals surface area contributed by atoms with E-state index in [1.165, 1.54) is 25.3 Å². The highest BCUT2D eigenvalue weighted by Crippen LogP contribution is 2.16. The fourth-order valence-corrected chi connectivity index (χ4v) is 3.24. The average molecular weight is 442 g/mol. The Morgan fingerprint density at radius 3 is 2.34 bits per heavy atom. The van der Waals surface area contributed by atoms with Gasteiger partial charge in [-0.05, 0) is 42.5 Å². The number of anilines is 1. The topological polar surface area (TPSA) is 91.2 Å². The molecule has 0 heterocycles. The molecule has 0 spiro atoms. The summed E-state index contributed by atoms with van der Waals surface area (Å²) in [7, 11) is 0. The van der Waals surface area contributed by atoms with Crippen molar-refractivity contribution in [2.24, 2.45) is 5.92 Å². The second-order valence-corrected chi connectivity index (χ2v) is 8.10. The van der Waals surface area contributed by atoms with Gasteiger partial charge in [-0.1, -0.05) is 77.8 Å². The number of hydrogen-bond acceptors (Lipinski definition) is 4. The van der Waals surface area contributed by atoms with Crippen LogP contribution in [-0.2, 0) is 9.53 Å². The molecule has 0 radical (unpaired) electrons. The SMILES string of the molecule is CCCCCCCNC(=O)Nc1ccc(/C=C(\C#N)C(=O)OCC(CC)CCCC)cc1. The molecule has 1 unspecified atom stereocenters. The third kappa shape index (κ3) is 11.5. The third-order valence-corrected chi connectivity index (χ3v) is 5.38. The first-order valence-electron chi connectivity index (χ1n) is 12.0. The molecule has 32 heavy (non-hydrogen) atoms. The molecular formula is C26H39N3O3. The second-order valence-electron chi connectivity index (χ2n) is 8.10. The maximum absolute atomic E-state index is 12.3. The summed E-state index contributed by atoms with van der Waals surface area (Å²) in [6.45, 7) is 7.39. The van der Waals surface area contributed by atoms with E-state index in [2.05, 4.69) is 31.4 Å². The normalized spacial score (nSPS) is 12.0. The van der Waals surface area contributed by atoms with Crippen molar-refractivity contribution in [1.82, 2.24) is 5.32 Å². The molecule has 176 valence electrons. The van der Waals surface area contributed by atoms with Crippen molar-refractivity contribution in [2.45, 2.75) is 78.6 Å². The summed E-state index contributed by atoms with van der Waals surface area (Å²) in [6.07, 6.45) is 11.4. The van der Waals surface area contributed by atoms with Crippen LogP contribution in [0.1, 0.15) is 84.1 Å². The Morgan fingerprint density at radius 2 is 1.72 bits per heavy atom. The van der Waals surface area contributed by atoms with Gasteiger partial charge in [-0.15, -0.1) is 0 Å². The zero-order chi connectivity index (χ0) is 23.6. The van der Waals surface area contributed by atoms with Gasteiger partial charge in [0.2, 0.25) is 0 Å². The maximum Gasteiger partial charge on any atom is 0.348 e. The van der Waals surface area contributed by atoms with Crippen LogP contribution in [0.4, 0.5) is 10.5 Å². The number of hydrogen-bond donors (Lipinski definition) is 2. The smallest absolute Gasteiger partial charge is 0.348 e. The summed E-state index contributed by atoms with van der Waals surface area (Å²) in [6, 6.07) is 8.68. The van der Waals surface area contributed by atoms with Crippen molar-refractivity contribution < 1.29 is 14.3 Å². The van der Waals surface area contributed by atoms with Crippen LogP contribution < -0.4 is 10.6 Å². The quantitative estimate of drug-likeness (QED) is 0.142. The van der Waals surface area contributed by atoms with Crippen LogP contribution in [-0.4, -0.2) is 25.2 Å². The van der Waals surface area contributed by atoms with Gasteiger partial charge in [-0.25, -0.2) is 9.59 Å². The van der Waals surface area contributed by atoms with E-state index in [0.29, 0.717) is 30.3 Å². The Kier molecular flexibility index (Phi) is 14.3. The molecule has 0 saturated heterocycles. The first-order valence-corrected chi connectivity index (χ1v) is 12.0. The molecule has 0 saturated carbocycles. The van der Waals surface area contributed by atoms with Crippen LogP contribution in [0.5, 0.6) is 0 Å². The van der Waals surface area contributed by atoms with E-state index in [0.717, 1.165) is 38.5 Å². The Bertz CT molecular complexity index is 751. The zero-order valence-electron chi connectivity index (χ0n) is 19.9. The highest BCUT2D eigenvalue weighted by Gasteiger charge is 2.14. The number of carbonyl (C=O) groups is 2. The van der Waals surface area contributed by atoms with Crippen molar-refractivity contribution in [3.05, 3.63) is 35.4 Å². The predicted octanol–water partition coefficient (Wildman–Crippen LogP) is 6.45. The van der Waals surface area contributed by atoms with E-state index in [9.17, 15) is 14.9 Å². The summed E-state index contributed by atoms with van der Waals surface area (Å²) < 4.78 is 5.37. The van der Waals surface area contributed by atoms with Crippen molar-refractivity contribution in [2.75, 3.05) is 18.5 Å². The number of ether oxygens (including phenoxy) is 1. The average Bonchev–Trinajstić information content (AvgIpc) is 2.80. The van der Waals surface area contributed by atoms with Crippen LogP contribution in [0.2, 0.25) is 0 Å². The molecule has 1 aromatic rings. The summed E-state index contributed by atoms with van der Waals surface area (Å²) in [5.74, 6) is -0.269. The lowest BCUT2D eigenvalue weighted by Crippen LogP contribution is -2.29. The summed E-state index contributed by atoms with van der Waals surface area (Å²) in [4.78, 5) is 24.3. The van der Waals surface area contributed by atoms with E-state index in [-0.39, 0.29) is 11.6 Å². The summed E-state index contributed by atoms with van der Waals surface area (Å²) in [5.41, 5.74) is 1.31. The third-order valence-electron chi connectivity index (χ3n) is 5.38. The number of unbranched alkanes of at least 4 members (excludes halogenated alkanes) is 5. The number of nitrogens with one attached hydrogen (secondary N) is 2. The number of rotatable bonds is 15. The molecule has 6 heteroatoms. The number of benzene rings is 1. The van der Waals surface area contributed by atoms with Gasteiger partial charge in [0.1, 0.15) is 11.6 Å². The van der Waals surface area contributed by atoms with Crippen LogP contribution >= 0.6 is 0 Å². The first-order chi connectivity index (χ1) is 15.5. The number of urea groups is 1. The van der Waals surface area contributed by atoms with Gasteiger partial charge in [0, 0.05) is 12.2 Å². The van der Waals surface area contributed by atoms with Gasteiger partial charge in [-0.2, -0.15) is 5.26 Å². The highest BCUT2D eigenvalue weighted by molar-refractivity contribution is 5.98. The minimum Gasteiger partial charge on any atom is -0.461 e. The standard InChI is InChI=1S/C26H39N3O3/c1-4-7-9-10-11-17-28-26(31)29-24-15-13-22(14-16-24)18-23(19-27)25(30)32-20-21(6-3)12-8-5-2/h13-16,18,21H,4-12,17,20H2,1-3H3,(H2,28,29,31)/b23-18+. The summed E-state index contributed by atoms with van der Waals surface area (Å²) in [5, 5.41) is 15.0. The molecule has 2 N–H and O–H groups in total. The molecule has 1 rings (SSSR count). The Balaban J connectivity index is 2.52. The van der Waals surface area contributed by atoms with E-state index >= 15 is 0 Å². The minimum absolute atomic E-state index is 0.0307. The molecule has 0 aliphatic rings. The van der Waals surface area contributed by atoms with Gasteiger partial charge in [0.15, 0.2) is 0 Å². The van der Waals surface area contributed by atoms with Crippen molar-refractivity contribution in [3.63, 3.8) is 0 Å². The number of esters is 1. The van der Waals surface area contributed by atoms with Crippen LogP contribution in [0.15, 0.2) is 29.8 Å². The molecule has 1 aromatic carbocycles. The monoisotopic (exact) mass is 441 g/mol. The van der Waals surface area contributed by atoms with Gasteiger partial charge >= 0.3 is 12.0 Å². The van der Waals surface area contributed by atoms with Gasteiger partial charge in [-0.3, -0.25) is 0 Å². The highest BCUT2D eigenvalue weighted by atomic mass is 16.5. The molecule has 0 fully saturated rings. The Hall–Kier alpha value is -2.81. The molecule has 2 amide bonds. The molecule has 0 aromatic heterocycles. The zero-order valence-corrected chi connectivity index (χ0v) is 19.9. The van der Waals surface area contributed by atoms with Gasteiger partial charge < -0.3 is 15.4 Å². The van der Waals surface area contributed by atoms with E-state index in [1.807, 2.05) is 6.07 Å². The molecule has 0 bridgehead atoms. The Morgan fingerprint density at radius 1 is 1.03 bits per heavy atom. The van der Waals surface area contributed by atoms with Crippen LogP contribution in [0.25, 0.3) is 6.08 Å². The lowest BCUT2D eigenvalue weighted by Gasteiger charge is -2.14. The molecule has 0 aliphatic carbocycles. The van der Waals surface area contributed by atoms with Gasteiger partial charge in [0.25, 0.3) is 0 Å². The van der Waals surface area contributed by atoms with Crippen LogP contribution in [0.3, 0.4) is 0 Å². The summed E-state index contributed by atoms with van der Waals surface area (Å²) >= 11 is 0. The van der Waals surface area contributed by atoms with Crippen molar-refractivity contribution >= 4 is 23.8 Å². The second kappa shape index (κ2) is 16.8. The Labute approximate surface area is 193 Å². The van der Waals surface area contributed by atoms with Crippen molar-refractivity contribution in [1.29, 1.82) is 5.26 Å². The largest absolute Gasteiger partial charge is 0.461 e. The van der Waals surface area contributed by atoms with Gasteiger partial charge in [0.05, 0.1) is 6.61 Å². The number of nitriles is 1. The fraction of sp³-hybridized carbons (Fsp3) is 0.577. The lowest BCUT2D eigenvalue weighted by atomic mass is 10.0. The lowest BCUT2D eigenvalue weighted by molar-refractivity contribution is -0.139. The predicted molar refractivity (Wildman–Crippen MR) is 130 cm³/mol. The molecule has 1 atom stereocenters. The first kappa shape index (κ1) is 27.2. The number of amides is 2. The van der Waals surface area contributed by atoms with Crippen molar-refractivity contribution in [3.8, 4) is 6.07 Å². The number of nitrogens with zero attached hydrogens (tertiary/aromatic N) is 1. The fourth-order valence-electron chi connectivity index (χ4n) is 3.24. The molecule has 0 aliphatic heterocycles. The maximum atomic E-state index is 12.3. The molecule has 6 nitrogen and oxygen atoms in total. The van der Waals surface area contributed by atoms with E-state index < -0.39 is 5.97 Å². The van der Waals surface area contributed by atoms with Crippen LogP contribution in [0, 0.1) is 17.2 Å². The molecular weight excluding hydrogens is 402 g/mol.